The summed E-state index contributed by atoms with van der Waals surface area (Å²) >= 11 is 3.26. The highest BCUT2D eigenvalue weighted by molar-refractivity contribution is 9.10. The molecule has 0 bridgehead atoms. The quantitative estimate of drug-likeness (QED) is 0.932. The molecule has 2 rings (SSSR count). The zero-order chi connectivity index (χ0) is 14.0. The molecule has 0 fully saturated rings. The van der Waals surface area contributed by atoms with Crippen LogP contribution in [0, 0.1) is 13.8 Å². The second-order valence-corrected chi connectivity index (χ2v) is 6.74. The number of benzene rings is 1. The highest BCUT2D eigenvalue weighted by atomic mass is 79.9. The first kappa shape index (κ1) is 14.0. The molecule has 0 aliphatic carbocycles. The molecule has 0 saturated carbocycles. The van der Waals surface area contributed by atoms with E-state index in [2.05, 4.69) is 25.6 Å². The Balaban J connectivity index is 2.41. The number of sulfonamides is 1. The number of aromatic nitrogens is 1. The van der Waals surface area contributed by atoms with Crippen molar-refractivity contribution in [3.8, 4) is 0 Å². The second kappa shape index (κ2) is 5.30. The summed E-state index contributed by atoms with van der Waals surface area (Å²) < 4.78 is 27.8. The zero-order valence-electron chi connectivity index (χ0n) is 10.5. The molecule has 1 N–H and O–H groups in total. The Hall–Kier alpha value is -1.40. The average Bonchev–Trinajstić information content (AvgIpc) is 2.31. The monoisotopic (exact) mass is 340 g/mol. The van der Waals surface area contributed by atoms with Crippen LogP contribution in [0.5, 0.6) is 0 Å². The molecule has 1 aromatic heterocycles. The van der Waals surface area contributed by atoms with Crippen molar-refractivity contribution in [2.75, 3.05) is 4.72 Å². The molecule has 19 heavy (non-hydrogen) atoms. The standard InChI is InChI=1S/C13H13BrN2O2S/c1-9-3-4-13(10(2)7-9)19(17,18)16-12-5-6-15-8-11(12)14/h3-8H,1-2H3,(H,15,16). The van der Waals surface area contributed by atoms with Crippen LogP contribution in [0.2, 0.25) is 0 Å². The van der Waals surface area contributed by atoms with Gasteiger partial charge in [-0.2, -0.15) is 0 Å². The van der Waals surface area contributed by atoms with Crippen LogP contribution in [0.25, 0.3) is 0 Å². The van der Waals surface area contributed by atoms with Crippen LogP contribution in [0.1, 0.15) is 11.1 Å². The SMILES string of the molecule is Cc1ccc(S(=O)(=O)Nc2ccncc2Br)c(C)c1. The maximum atomic E-state index is 12.3. The highest BCUT2D eigenvalue weighted by Crippen LogP contribution is 2.25. The van der Waals surface area contributed by atoms with E-state index in [-0.39, 0.29) is 4.90 Å². The Labute approximate surface area is 121 Å². The largest absolute Gasteiger partial charge is 0.278 e. The molecule has 0 amide bonds. The molecular weight excluding hydrogens is 328 g/mol. The molecule has 1 aromatic carbocycles. The van der Waals surface area contributed by atoms with Crippen molar-refractivity contribution < 1.29 is 8.42 Å². The van der Waals surface area contributed by atoms with Gasteiger partial charge in [0.05, 0.1) is 15.1 Å². The van der Waals surface area contributed by atoms with Gasteiger partial charge in [0.25, 0.3) is 10.0 Å². The maximum Gasteiger partial charge on any atom is 0.262 e. The van der Waals surface area contributed by atoms with Crippen LogP contribution >= 0.6 is 15.9 Å². The molecular formula is C13H13BrN2O2S. The van der Waals surface area contributed by atoms with Gasteiger partial charge < -0.3 is 0 Å². The lowest BCUT2D eigenvalue weighted by Gasteiger charge is -2.11. The van der Waals surface area contributed by atoms with Gasteiger partial charge in [0.15, 0.2) is 0 Å². The number of hydrogen-bond acceptors (Lipinski definition) is 3. The van der Waals surface area contributed by atoms with E-state index in [1.54, 1.807) is 31.3 Å². The summed E-state index contributed by atoms with van der Waals surface area (Å²) in [6.07, 6.45) is 3.07. The van der Waals surface area contributed by atoms with E-state index < -0.39 is 10.0 Å². The van der Waals surface area contributed by atoms with Crippen molar-refractivity contribution in [3.63, 3.8) is 0 Å². The molecule has 1 heterocycles. The molecule has 2 aromatic rings. The van der Waals surface area contributed by atoms with Gasteiger partial charge in [-0.05, 0) is 47.5 Å². The predicted molar refractivity (Wildman–Crippen MR) is 78.7 cm³/mol. The van der Waals surface area contributed by atoms with Crippen molar-refractivity contribution >= 4 is 31.6 Å². The molecule has 0 radical (unpaired) electrons. The number of rotatable bonds is 3. The topological polar surface area (TPSA) is 59.1 Å². The van der Waals surface area contributed by atoms with Gasteiger partial charge in [0.2, 0.25) is 0 Å². The van der Waals surface area contributed by atoms with Crippen molar-refractivity contribution in [2.45, 2.75) is 18.7 Å². The van der Waals surface area contributed by atoms with Crippen molar-refractivity contribution in [2.24, 2.45) is 0 Å². The Morgan fingerprint density at radius 1 is 1.21 bits per heavy atom. The van der Waals surface area contributed by atoms with E-state index in [9.17, 15) is 8.42 Å². The molecule has 0 spiro atoms. The molecule has 6 heteroatoms. The summed E-state index contributed by atoms with van der Waals surface area (Å²) in [5, 5.41) is 0. The fourth-order valence-electron chi connectivity index (χ4n) is 1.76. The molecule has 0 atom stereocenters. The normalized spacial score (nSPS) is 11.3. The van der Waals surface area contributed by atoms with Crippen LogP contribution in [-0.2, 0) is 10.0 Å². The van der Waals surface area contributed by atoms with Crippen LogP contribution in [0.15, 0.2) is 46.0 Å². The van der Waals surface area contributed by atoms with Crippen LogP contribution in [0.3, 0.4) is 0 Å². The Bertz CT molecular complexity index is 714. The molecule has 0 saturated heterocycles. The molecule has 0 aliphatic heterocycles. The Kier molecular flexibility index (Phi) is 3.91. The van der Waals surface area contributed by atoms with Crippen LogP contribution in [-0.4, -0.2) is 13.4 Å². The van der Waals surface area contributed by atoms with E-state index in [0.29, 0.717) is 10.2 Å². The summed E-state index contributed by atoms with van der Waals surface area (Å²) in [5.41, 5.74) is 2.22. The number of pyridine rings is 1. The highest BCUT2D eigenvalue weighted by Gasteiger charge is 2.17. The first-order valence-corrected chi connectivity index (χ1v) is 7.87. The number of nitrogens with one attached hydrogen (secondary N) is 1. The van der Waals surface area contributed by atoms with Gasteiger partial charge in [-0.25, -0.2) is 8.42 Å². The first-order chi connectivity index (χ1) is 8.90. The second-order valence-electron chi connectivity index (χ2n) is 4.23. The van der Waals surface area contributed by atoms with Crippen LogP contribution < -0.4 is 4.72 Å². The minimum Gasteiger partial charge on any atom is -0.278 e. The summed E-state index contributed by atoms with van der Waals surface area (Å²) in [5.74, 6) is 0. The first-order valence-electron chi connectivity index (χ1n) is 5.60. The van der Waals surface area contributed by atoms with E-state index in [1.807, 2.05) is 13.0 Å². The lowest BCUT2D eigenvalue weighted by Crippen LogP contribution is -2.14. The lowest BCUT2D eigenvalue weighted by atomic mass is 10.2. The van der Waals surface area contributed by atoms with Crippen molar-refractivity contribution in [1.82, 2.24) is 4.98 Å². The molecule has 4 nitrogen and oxygen atoms in total. The van der Waals surface area contributed by atoms with Gasteiger partial charge >= 0.3 is 0 Å². The zero-order valence-corrected chi connectivity index (χ0v) is 12.9. The number of aryl methyl sites for hydroxylation is 2. The summed E-state index contributed by atoms with van der Waals surface area (Å²) in [6, 6.07) is 6.84. The van der Waals surface area contributed by atoms with Crippen molar-refractivity contribution in [3.05, 3.63) is 52.3 Å². The van der Waals surface area contributed by atoms with E-state index in [1.165, 1.54) is 6.20 Å². The van der Waals surface area contributed by atoms with Gasteiger partial charge in [-0.3, -0.25) is 9.71 Å². The molecule has 0 unspecified atom stereocenters. The lowest BCUT2D eigenvalue weighted by molar-refractivity contribution is 0.600. The van der Waals surface area contributed by atoms with Gasteiger partial charge in [-0.1, -0.05) is 17.7 Å². The van der Waals surface area contributed by atoms with E-state index in [4.69, 9.17) is 0 Å². The third-order valence-electron chi connectivity index (χ3n) is 2.64. The van der Waals surface area contributed by atoms with Gasteiger partial charge in [0.1, 0.15) is 0 Å². The van der Waals surface area contributed by atoms with Gasteiger partial charge in [-0.15, -0.1) is 0 Å². The maximum absolute atomic E-state index is 12.3. The summed E-state index contributed by atoms with van der Waals surface area (Å²) in [6.45, 7) is 3.71. The predicted octanol–water partition coefficient (Wildman–Crippen LogP) is 3.26. The van der Waals surface area contributed by atoms with E-state index in [0.717, 1.165) is 11.1 Å². The third-order valence-corrected chi connectivity index (χ3v) is 4.79. The van der Waals surface area contributed by atoms with Crippen molar-refractivity contribution in [1.29, 1.82) is 0 Å². The number of halogens is 1. The number of hydrogen-bond donors (Lipinski definition) is 1. The van der Waals surface area contributed by atoms with E-state index >= 15 is 0 Å². The third kappa shape index (κ3) is 3.13. The molecule has 100 valence electrons. The van der Waals surface area contributed by atoms with Crippen LogP contribution in [0.4, 0.5) is 5.69 Å². The minimum atomic E-state index is -3.59. The summed E-state index contributed by atoms with van der Waals surface area (Å²) in [4.78, 5) is 4.17. The Morgan fingerprint density at radius 3 is 2.58 bits per heavy atom. The summed E-state index contributed by atoms with van der Waals surface area (Å²) in [7, 11) is -3.59. The minimum absolute atomic E-state index is 0.279. The molecule has 0 aliphatic rings. The number of anilines is 1. The fourth-order valence-corrected chi connectivity index (χ4v) is 3.55. The smallest absolute Gasteiger partial charge is 0.262 e. The average molecular weight is 341 g/mol. The van der Waals surface area contributed by atoms with Gasteiger partial charge in [0, 0.05) is 12.4 Å². The fraction of sp³-hybridized carbons (Fsp3) is 0.154. The number of nitrogens with zero attached hydrogens (tertiary/aromatic N) is 1. The Morgan fingerprint density at radius 2 is 1.95 bits per heavy atom.